The van der Waals surface area contributed by atoms with E-state index in [-0.39, 0.29) is 18.4 Å². The first-order chi connectivity index (χ1) is 11.6. The fraction of sp³-hybridized carbons (Fsp3) is 0.333. The van der Waals surface area contributed by atoms with Crippen LogP contribution in [0.4, 0.5) is 0 Å². The first kappa shape index (κ1) is 17.9. The fourth-order valence-electron chi connectivity index (χ4n) is 2.35. The summed E-state index contributed by atoms with van der Waals surface area (Å²) in [5.41, 5.74) is 2.72. The Hall–Kier alpha value is -2.42. The summed E-state index contributed by atoms with van der Waals surface area (Å²) in [4.78, 5) is 23.8. The molecule has 0 bridgehead atoms. The van der Waals surface area contributed by atoms with Crippen molar-refractivity contribution >= 4 is 11.8 Å². The normalized spacial score (nSPS) is 11.8. The molecule has 0 N–H and O–H groups in total. The summed E-state index contributed by atoms with van der Waals surface area (Å²) in [5.74, 6) is 0.0230. The van der Waals surface area contributed by atoms with Crippen molar-refractivity contribution in [1.82, 2.24) is 0 Å². The smallest absolute Gasteiger partial charge is 0.306 e. The van der Waals surface area contributed by atoms with E-state index >= 15 is 0 Å². The molecule has 0 saturated carbocycles. The number of hydrogen-bond donors (Lipinski definition) is 0. The number of hydrogen-bond acceptors (Lipinski definition) is 3. The molecule has 0 fully saturated rings. The molecule has 3 nitrogen and oxygen atoms in total. The topological polar surface area (TPSA) is 43.4 Å². The molecule has 0 heterocycles. The Labute approximate surface area is 143 Å². The van der Waals surface area contributed by atoms with Crippen molar-refractivity contribution in [2.45, 2.75) is 33.1 Å². The highest BCUT2D eigenvalue weighted by atomic mass is 16.5. The number of ether oxygens (including phenoxy) is 1. The maximum absolute atomic E-state index is 12.1. The van der Waals surface area contributed by atoms with Crippen LogP contribution in [0.2, 0.25) is 0 Å². The van der Waals surface area contributed by atoms with Gasteiger partial charge in [0.05, 0.1) is 0 Å². The summed E-state index contributed by atoms with van der Waals surface area (Å²) >= 11 is 0. The lowest BCUT2D eigenvalue weighted by molar-refractivity contribution is -0.142. The van der Waals surface area contributed by atoms with Gasteiger partial charge in [-0.2, -0.15) is 0 Å². The Kier molecular flexibility index (Phi) is 6.74. The average Bonchev–Trinajstić information content (AvgIpc) is 2.64. The molecule has 0 unspecified atom stereocenters. The lowest BCUT2D eigenvalue weighted by Crippen LogP contribution is -2.14. The van der Waals surface area contributed by atoms with Gasteiger partial charge in [0.2, 0.25) is 0 Å². The van der Waals surface area contributed by atoms with Crippen LogP contribution in [0.15, 0.2) is 54.6 Å². The Morgan fingerprint density at radius 1 is 0.958 bits per heavy atom. The highest BCUT2D eigenvalue weighted by Gasteiger charge is 2.11. The number of ketones is 1. The van der Waals surface area contributed by atoms with E-state index in [2.05, 4.69) is 13.8 Å². The van der Waals surface area contributed by atoms with E-state index < -0.39 is 0 Å². The zero-order chi connectivity index (χ0) is 17.4. The van der Waals surface area contributed by atoms with Gasteiger partial charge in [-0.25, -0.2) is 0 Å². The van der Waals surface area contributed by atoms with Gasteiger partial charge in [-0.3, -0.25) is 9.59 Å². The van der Waals surface area contributed by atoms with Crippen molar-refractivity contribution in [3.8, 4) is 11.1 Å². The van der Waals surface area contributed by atoms with Crippen LogP contribution in [-0.4, -0.2) is 18.4 Å². The fourth-order valence-corrected chi connectivity index (χ4v) is 2.35. The molecule has 0 radical (unpaired) electrons. The highest BCUT2D eigenvalue weighted by molar-refractivity contribution is 5.98. The minimum Gasteiger partial charge on any atom is -0.457 e. The molecule has 126 valence electrons. The van der Waals surface area contributed by atoms with Gasteiger partial charge in [0.1, 0.15) is 0 Å². The van der Waals surface area contributed by atoms with Crippen LogP contribution in [-0.2, 0) is 9.53 Å². The molecule has 3 heteroatoms. The third-order valence-electron chi connectivity index (χ3n) is 4.22. The average molecular weight is 324 g/mol. The number of Topliss-reactive ketones (excluding diaryl/α,β-unsaturated/α-hetero) is 1. The summed E-state index contributed by atoms with van der Waals surface area (Å²) in [6.07, 6.45) is 2.21. The van der Waals surface area contributed by atoms with E-state index in [1.165, 1.54) is 0 Å². The van der Waals surface area contributed by atoms with Gasteiger partial charge in [0.25, 0.3) is 0 Å². The molecule has 0 spiro atoms. The Morgan fingerprint density at radius 2 is 1.58 bits per heavy atom. The van der Waals surface area contributed by atoms with Crippen molar-refractivity contribution in [2.75, 3.05) is 6.61 Å². The van der Waals surface area contributed by atoms with E-state index in [1.807, 2.05) is 42.5 Å². The van der Waals surface area contributed by atoms with Gasteiger partial charge in [-0.05, 0) is 23.5 Å². The molecule has 0 aliphatic heterocycles. The first-order valence-corrected chi connectivity index (χ1v) is 8.44. The molecule has 0 aromatic heterocycles. The highest BCUT2D eigenvalue weighted by Crippen LogP contribution is 2.19. The Morgan fingerprint density at radius 3 is 2.21 bits per heavy atom. The van der Waals surface area contributed by atoms with Gasteiger partial charge >= 0.3 is 5.97 Å². The Bertz CT molecular complexity index is 659. The number of carbonyl (C=O) groups excluding carboxylic acids is 2. The standard InChI is InChI=1S/C21H24O3/c1-3-16(2)9-14-21(23)24-15-20(22)19-12-10-18(11-13-19)17-7-5-4-6-8-17/h4-8,10-13,16H,3,9,14-15H2,1-2H3/t16-/m0/s1. The zero-order valence-corrected chi connectivity index (χ0v) is 14.3. The molecule has 0 saturated heterocycles. The van der Waals surface area contributed by atoms with Crippen LogP contribution in [0.1, 0.15) is 43.5 Å². The second-order valence-corrected chi connectivity index (χ2v) is 6.08. The predicted molar refractivity (Wildman–Crippen MR) is 95.9 cm³/mol. The van der Waals surface area contributed by atoms with Crippen molar-refractivity contribution in [1.29, 1.82) is 0 Å². The minimum atomic E-state index is -0.301. The van der Waals surface area contributed by atoms with Crippen molar-refractivity contribution in [3.63, 3.8) is 0 Å². The van der Waals surface area contributed by atoms with Crippen LogP contribution in [0.25, 0.3) is 11.1 Å². The second kappa shape index (κ2) is 9.02. The zero-order valence-electron chi connectivity index (χ0n) is 14.3. The SMILES string of the molecule is CC[C@H](C)CCC(=O)OCC(=O)c1ccc(-c2ccccc2)cc1. The summed E-state index contributed by atoms with van der Waals surface area (Å²) < 4.78 is 5.08. The number of rotatable bonds is 8. The first-order valence-electron chi connectivity index (χ1n) is 8.44. The van der Waals surface area contributed by atoms with Crippen molar-refractivity contribution in [2.24, 2.45) is 5.92 Å². The largest absolute Gasteiger partial charge is 0.457 e. The van der Waals surface area contributed by atoms with E-state index in [0.717, 1.165) is 24.0 Å². The molecular weight excluding hydrogens is 300 g/mol. The van der Waals surface area contributed by atoms with Crippen molar-refractivity contribution < 1.29 is 14.3 Å². The molecule has 1 atom stereocenters. The van der Waals surface area contributed by atoms with Crippen LogP contribution >= 0.6 is 0 Å². The third kappa shape index (κ3) is 5.34. The van der Waals surface area contributed by atoms with E-state index in [9.17, 15) is 9.59 Å². The number of carbonyl (C=O) groups is 2. The molecular formula is C21H24O3. The predicted octanol–water partition coefficient (Wildman–Crippen LogP) is 4.91. The van der Waals surface area contributed by atoms with Crippen LogP contribution in [0.3, 0.4) is 0 Å². The van der Waals surface area contributed by atoms with Crippen LogP contribution < -0.4 is 0 Å². The number of esters is 1. The van der Waals surface area contributed by atoms with Crippen LogP contribution in [0, 0.1) is 5.92 Å². The van der Waals surface area contributed by atoms with Crippen LogP contribution in [0.5, 0.6) is 0 Å². The van der Waals surface area contributed by atoms with Gasteiger partial charge in [0, 0.05) is 12.0 Å². The lowest BCUT2D eigenvalue weighted by Gasteiger charge is -2.08. The molecule has 2 aromatic rings. The lowest BCUT2D eigenvalue weighted by atomic mass is 10.0. The summed E-state index contributed by atoms with van der Waals surface area (Å²) in [7, 11) is 0. The summed E-state index contributed by atoms with van der Waals surface area (Å²) in [6.45, 7) is 4.01. The molecule has 0 amide bonds. The van der Waals surface area contributed by atoms with Gasteiger partial charge in [-0.15, -0.1) is 0 Å². The van der Waals surface area contributed by atoms with Gasteiger partial charge < -0.3 is 4.74 Å². The third-order valence-corrected chi connectivity index (χ3v) is 4.22. The van der Waals surface area contributed by atoms with Gasteiger partial charge in [-0.1, -0.05) is 74.9 Å². The molecule has 0 aliphatic carbocycles. The molecule has 2 aromatic carbocycles. The van der Waals surface area contributed by atoms with E-state index in [0.29, 0.717) is 17.9 Å². The molecule has 24 heavy (non-hydrogen) atoms. The van der Waals surface area contributed by atoms with E-state index in [4.69, 9.17) is 4.74 Å². The second-order valence-electron chi connectivity index (χ2n) is 6.08. The summed E-state index contributed by atoms with van der Waals surface area (Å²) in [6, 6.07) is 17.3. The maximum atomic E-state index is 12.1. The molecule has 2 rings (SSSR count). The van der Waals surface area contributed by atoms with Gasteiger partial charge in [0.15, 0.2) is 12.4 Å². The summed E-state index contributed by atoms with van der Waals surface area (Å²) in [5, 5.41) is 0. The number of benzene rings is 2. The molecule has 0 aliphatic rings. The minimum absolute atomic E-state index is 0.175. The Balaban J connectivity index is 1.86. The van der Waals surface area contributed by atoms with E-state index in [1.54, 1.807) is 12.1 Å². The monoisotopic (exact) mass is 324 g/mol. The quantitative estimate of drug-likeness (QED) is 0.512. The maximum Gasteiger partial charge on any atom is 0.306 e. The van der Waals surface area contributed by atoms with Crippen molar-refractivity contribution in [3.05, 3.63) is 60.2 Å².